The van der Waals surface area contributed by atoms with E-state index < -0.39 is 10.0 Å². The van der Waals surface area contributed by atoms with Gasteiger partial charge in [0.2, 0.25) is 10.0 Å². The summed E-state index contributed by atoms with van der Waals surface area (Å²) < 4.78 is 26.2. The van der Waals surface area contributed by atoms with E-state index in [0.717, 1.165) is 12.1 Å². The third kappa shape index (κ3) is 5.81. The topological polar surface area (TPSA) is 58.2 Å². The molecule has 4 nitrogen and oxygen atoms in total. The molecule has 0 aromatic heterocycles. The summed E-state index contributed by atoms with van der Waals surface area (Å²) in [5.74, 6) is 0.325. The van der Waals surface area contributed by atoms with Crippen LogP contribution in [0.2, 0.25) is 0 Å². The lowest BCUT2D eigenvalue weighted by molar-refractivity contribution is 0.518. The lowest BCUT2D eigenvalue weighted by Gasteiger charge is -2.12. The second-order valence-corrected chi connectivity index (χ2v) is 6.06. The van der Waals surface area contributed by atoms with Gasteiger partial charge in [-0.2, -0.15) is 0 Å². The van der Waals surface area contributed by atoms with E-state index in [2.05, 4.69) is 10.0 Å². The normalized spacial score (nSPS) is 13.5. The summed E-state index contributed by atoms with van der Waals surface area (Å²) in [5.41, 5.74) is 0.807. The Labute approximate surface area is 103 Å². The van der Waals surface area contributed by atoms with Crippen molar-refractivity contribution < 1.29 is 8.42 Å². The van der Waals surface area contributed by atoms with Crippen LogP contribution in [0.15, 0.2) is 30.3 Å². The number of hydrogen-bond acceptors (Lipinski definition) is 3. The Morgan fingerprint density at radius 1 is 1.18 bits per heavy atom. The monoisotopic (exact) mass is 256 g/mol. The number of benzene rings is 1. The van der Waals surface area contributed by atoms with Gasteiger partial charge in [0.15, 0.2) is 0 Å². The molecule has 1 aromatic carbocycles. The van der Waals surface area contributed by atoms with Gasteiger partial charge in [0, 0.05) is 6.54 Å². The van der Waals surface area contributed by atoms with Crippen molar-refractivity contribution in [2.45, 2.75) is 12.7 Å². The molecular weight excluding hydrogens is 236 g/mol. The summed E-state index contributed by atoms with van der Waals surface area (Å²) in [6.45, 7) is 3.27. The average molecular weight is 256 g/mol. The van der Waals surface area contributed by atoms with Crippen molar-refractivity contribution in [3.05, 3.63) is 35.9 Å². The van der Waals surface area contributed by atoms with Gasteiger partial charge in [-0.15, -0.1) is 0 Å². The molecule has 2 N–H and O–H groups in total. The van der Waals surface area contributed by atoms with Crippen LogP contribution >= 0.6 is 0 Å². The molecule has 96 valence electrons. The summed E-state index contributed by atoms with van der Waals surface area (Å²) in [6, 6.07) is 9.19. The first kappa shape index (κ1) is 14.2. The van der Waals surface area contributed by atoms with Gasteiger partial charge >= 0.3 is 0 Å². The van der Waals surface area contributed by atoms with Crippen LogP contribution in [0.5, 0.6) is 0 Å². The minimum absolute atomic E-state index is 0.0418. The van der Waals surface area contributed by atoms with E-state index in [-0.39, 0.29) is 11.7 Å². The van der Waals surface area contributed by atoms with Crippen LogP contribution in [0.3, 0.4) is 0 Å². The quantitative estimate of drug-likeness (QED) is 0.764. The number of sulfonamides is 1. The first-order chi connectivity index (χ1) is 8.03. The van der Waals surface area contributed by atoms with E-state index in [0.29, 0.717) is 6.54 Å². The van der Waals surface area contributed by atoms with Crippen LogP contribution in [0.25, 0.3) is 0 Å². The molecule has 0 aliphatic heterocycles. The molecule has 0 radical (unpaired) electrons. The van der Waals surface area contributed by atoms with Crippen LogP contribution in [-0.4, -0.2) is 28.6 Å². The van der Waals surface area contributed by atoms with Gasteiger partial charge < -0.3 is 5.32 Å². The zero-order chi connectivity index (χ0) is 12.7. The summed E-state index contributed by atoms with van der Waals surface area (Å²) in [6.07, 6.45) is 0. The highest BCUT2D eigenvalue weighted by Crippen LogP contribution is 2.04. The van der Waals surface area contributed by atoms with E-state index in [4.69, 9.17) is 0 Å². The molecule has 0 aliphatic rings. The molecular formula is C12H20N2O2S. The van der Waals surface area contributed by atoms with Crippen molar-refractivity contribution >= 4 is 10.0 Å². The minimum atomic E-state index is -3.23. The lowest BCUT2D eigenvalue weighted by atomic mass is 10.2. The first-order valence-corrected chi connectivity index (χ1v) is 7.34. The summed E-state index contributed by atoms with van der Waals surface area (Å²) in [5, 5.41) is 3.02. The van der Waals surface area contributed by atoms with Gasteiger partial charge in [-0.05, 0) is 25.1 Å². The minimum Gasteiger partial charge on any atom is -0.319 e. The average Bonchev–Trinajstić information content (AvgIpc) is 2.28. The molecule has 5 heteroatoms. The van der Waals surface area contributed by atoms with E-state index in [9.17, 15) is 8.42 Å². The van der Waals surface area contributed by atoms with E-state index in [1.165, 1.54) is 0 Å². The molecule has 1 unspecified atom stereocenters. The molecule has 0 heterocycles. The fraction of sp³-hybridized carbons (Fsp3) is 0.500. The van der Waals surface area contributed by atoms with Crippen LogP contribution in [-0.2, 0) is 15.8 Å². The van der Waals surface area contributed by atoms with Crippen LogP contribution in [0, 0.1) is 5.92 Å². The Morgan fingerprint density at radius 3 is 2.41 bits per heavy atom. The highest BCUT2D eigenvalue weighted by molar-refractivity contribution is 7.88. The molecule has 17 heavy (non-hydrogen) atoms. The molecule has 1 atom stereocenters. The Kier molecular flexibility index (Phi) is 5.61. The third-order valence-electron chi connectivity index (χ3n) is 2.40. The van der Waals surface area contributed by atoms with Crippen LogP contribution in [0.1, 0.15) is 12.5 Å². The van der Waals surface area contributed by atoms with E-state index >= 15 is 0 Å². The third-order valence-corrected chi connectivity index (χ3v) is 3.72. The van der Waals surface area contributed by atoms with Crippen molar-refractivity contribution in [2.75, 3.05) is 20.1 Å². The van der Waals surface area contributed by atoms with Crippen LogP contribution in [0.4, 0.5) is 0 Å². The molecule has 0 bridgehead atoms. The Morgan fingerprint density at radius 2 is 1.82 bits per heavy atom. The fourth-order valence-corrected chi connectivity index (χ4v) is 2.81. The summed E-state index contributed by atoms with van der Waals surface area (Å²) in [7, 11) is -1.37. The Bertz CT molecular complexity index is 417. The van der Waals surface area contributed by atoms with Crippen molar-refractivity contribution in [3.8, 4) is 0 Å². The highest BCUT2D eigenvalue weighted by Gasteiger charge is 2.12. The van der Waals surface area contributed by atoms with Crippen molar-refractivity contribution in [3.63, 3.8) is 0 Å². The fourth-order valence-electron chi connectivity index (χ4n) is 1.53. The molecule has 0 aliphatic carbocycles. The number of rotatable bonds is 7. The van der Waals surface area contributed by atoms with Crippen molar-refractivity contribution in [2.24, 2.45) is 5.92 Å². The molecule has 0 amide bonds. The second-order valence-electron chi connectivity index (χ2n) is 4.26. The molecule has 0 saturated carbocycles. The summed E-state index contributed by atoms with van der Waals surface area (Å²) >= 11 is 0. The lowest BCUT2D eigenvalue weighted by Crippen LogP contribution is -2.32. The predicted molar refractivity (Wildman–Crippen MR) is 70.2 cm³/mol. The molecule has 0 spiro atoms. The van der Waals surface area contributed by atoms with Gasteiger partial charge in [-0.25, -0.2) is 13.1 Å². The number of nitrogens with one attached hydrogen (secondary N) is 2. The van der Waals surface area contributed by atoms with Gasteiger partial charge in [-0.3, -0.25) is 0 Å². The molecule has 0 saturated heterocycles. The van der Waals surface area contributed by atoms with E-state index in [1.807, 2.05) is 44.3 Å². The standard InChI is InChI=1S/C12H20N2O2S/c1-11(8-13-2)9-14-17(15,16)10-12-6-4-3-5-7-12/h3-7,11,13-14H,8-10H2,1-2H3. The van der Waals surface area contributed by atoms with Crippen molar-refractivity contribution in [1.29, 1.82) is 0 Å². The maximum Gasteiger partial charge on any atom is 0.215 e. The van der Waals surface area contributed by atoms with Gasteiger partial charge in [0.05, 0.1) is 5.75 Å². The Hall–Kier alpha value is -0.910. The predicted octanol–water partition coefficient (Wildman–Crippen LogP) is 0.962. The summed E-state index contributed by atoms with van der Waals surface area (Å²) in [4.78, 5) is 0. The van der Waals surface area contributed by atoms with Gasteiger partial charge in [0.25, 0.3) is 0 Å². The largest absolute Gasteiger partial charge is 0.319 e. The zero-order valence-corrected chi connectivity index (χ0v) is 11.1. The highest BCUT2D eigenvalue weighted by atomic mass is 32.2. The SMILES string of the molecule is CNCC(C)CNS(=O)(=O)Cc1ccccc1. The molecule has 0 fully saturated rings. The van der Waals surface area contributed by atoms with Gasteiger partial charge in [0.1, 0.15) is 0 Å². The Balaban J connectivity index is 2.47. The van der Waals surface area contributed by atoms with Crippen molar-refractivity contribution in [1.82, 2.24) is 10.0 Å². The van der Waals surface area contributed by atoms with Gasteiger partial charge in [-0.1, -0.05) is 37.3 Å². The first-order valence-electron chi connectivity index (χ1n) is 5.69. The maximum atomic E-state index is 11.8. The molecule has 1 rings (SSSR count). The smallest absolute Gasteiger partial charge is 0.215 e. The maximum absolute atomic E-state index is 11.8. The van der Waals surface area contributed by atoms with Crippen LogP contribution < -0.4 is 10.0 Å². The number of hydrogen-bond donors (Lipinski definition) is 2. The zero-order valence-electron chi connectivity index (χ0n) is 10.3. The van der Waals surface area contributed by atoms with E-state index in [1.54, 1.807) is 0 Å². The second kappa shape index (κ2) is 6.74. The molecule has 1 aromatic rings.